The zero-order valence-electron chi connectivity index (χ0n) is 10.6. The second kappa shape index (κ2) is 6.02. The Morgan fingerprint density at radius 2 is 1.81 bits per heavy atom. The highest BCUT2D eigenvalue weighted by molar-refractivity contribution is 5.25. The van der Waals surface area contributed by atoms with Crippen molar-refractivity contribution in [2.45, 2.75) is 39.2 Å². The summed E-state index contributed by atoms with van der Waals surface area (Å²) < 4.78 is 0. The fourth-order valence-electron chi connectivity index (χ4n) is 1.69. The van der Waals surface area contributed by atoms with Gasteiger partial charge in [0.1, 0.15) is 0 Å². The van der Waals surface area contributed by atoms with Crippen LogP contribution in [-0.4, -0.2) is 18.2 Å². The molecule has 2 heteroatoms. The van der Waals surface area contributed by atoms with Crippen LogP contribution >= 0.6 is 0 Å². The highest BCUT2D eigenvalue weighted by Gasteiger charge is 2.21. The standard InChI is InChI=1S/C14H23NO/c1-4-10-15-11-9-14(3,16)13-7-5-12(2)6-8-13/h5-8,15-16H,4,9-11H2,1-3H3. The first-order chi connectivity index (χ1) is 7.56. The zero-order chi connectivity index (χ0) is 12.0. The third kappa shape index (κ3) is 3.95. The van der Waals surface area contributed by atoms with Crippen molar-refractivity contribution in [3.8, 4) is 0 Å². The molecule has 0 aromatic heterocycles. The van der Waals surface area contributed by atoms with Crippen molar-refractivity contribution in [3.63, 3.8) is 0 Å². The van der Waals surface area contributed by atoms with E-state index in [0.29, 0.717) is 0 Å². The molecule has 1 rings (SSSR count). The first kappa shape index (κ1) is 13.2. The van der Waals surface area contributed by atoms with Crippen LogP contribution < -0.4 is 5.32 Å². The Morgan fingerprint density at radius 3 is 2.38 bits per heavy atom. The van der Waals surface area contributed by atoms with Gasteiger partial charge in [0.25, 0.3) is 0 Å². The molecule has 1 aromatic carbocycles. The minimum atomic E-state index is -0.728. The van der Waals surface area contributed by atoms with E-state index in [0.717, 1.165) is 31.5 Å². The summed E-state index contributed by atoms with van der Waals surface area (Å²) in [6.07, 6.45) is 1.88. The molecule has 0 spiro atoms. The molecule has 0 heterocycles. The van der Waals surface area contributed by atoms with Gasteiger partial charge in [0.15, 0.2) is 0 Å². The van der Waals surface area contributed by atoms with E-state index < -0.39 is 5.60 Å². The summed E-state index contributed by atoms with van der Waals surface area (Å²) >= 11 is 0. The first-order valence-corrected chi connectivity index (χ1v) is 6.06. The molecule has 0 radical (unpaired) electrons. The zero-order valence-corrected chi connectivity index (χ0v) is 10.6. The van der Waals surface area contributed by atoms with Crippen LogP contribution in [0, 0.1) is 6.92 Å². The molecule has 0 saturated heterocycles. The predicted octanol–water partition coefficient (Wildman–Crippen LogP) is 2.59. The molecule has 0 aliphatic carbocycles. The van der Waals surface area contributed by atoms with Crippen molar-refractivity contribution < 1.29 is 5.11 Å². The van der Waals surface area contributed by atoms with Gasteiger partial charge in [-0.2, -0.15) is 0 Å². The summed E-state index contributed by atoms with van der Waals surface area (Å²) in [6.45, 7) is 7.95. The molecule has 0 saturated carbocycles. The lowest BCUT2D eigenvalue weighted by atomic mass is 9.92. The smallest absolute Gasteiger partial charge is 0.0880 e. The van der Waals surface area contributed by atoms with Crippen LogP contribution in [0.4, 0.5) is 0 Å². The van der Waals surface area contributed by atoms with E-state index in [2.05, 4.69) is 19.2 Å². The Labute approximate surface area is 98.7 Å². The van der Waals surface area contributed by atoms with E-state index in [1.165, 1.54) is 5.56 Å². The normalized spacial score (nSPS) is 14.8. The average Bonchev–Trinajstić information content (AvgIpc) is 2.25. The third-order valence-electron chi connectivity index (χ3n) is 2.89. The van der Waals surface area contributed by atoms with Crippen molar-refractivity contribution >= 4 is 0 Å². The highest BCUT2D eigenvalue weighted by Crippen LogP contribution is 2.23. The van der Waals surface area contributed by atoms with E-state index in [-0.39, 0.29) is 0 Å². The van der Waals surface area contributed by atoms with Crippen LogP contribution in [0.2, 0.25) is 0 Å². The monoisotopic (exact) mass is 221 g/mol. The van der Waals surface area contributed by atoms with Crippen molar-refractivity contribution in [2.24, 2.45) is 0 Å². The number of nitrogens with one attached hydrogen (secondary N) is 1. The molecule has 1 atom stereocenters. The highest BCUT2D eigenvalue weighted by atomic mass is 16.3. The van der Waals surface area contributed by atoms with Gasteiger partial charge in [-0.15, -0.1) is 0 Å². The van der Waals surface area contributed by atoms with E-state index in [1.54, 1.807) is 0 Å². The van der Waals surface area contributed by atoms with E-state index >= 15 is 0 Å². The number of hydrogen-bond donors (Lipinski definition) is 2. The summed E-state index contributed by atoms with van der Waals surface area (Å²) in [7, 11) is 0. The Bertz CT molecular complexity index is 303. The van der Waals surface area contributed by atoms with E-state index in [9.17, 15) is 5.11 Å². The Hall–Kier alpha value is -0.860. The number of benzene rings is 1. The van der Waals surface area contributed by atoms with Crippen LogP contribution in [0.1, 0.15) is 37.8 Å². The molecular weight excluding hydrogens is 198 g/mol. The molecular formula is C14H23NO. The number of aryl methyl sites for hydroxylation is 1. The predicted molar refractivity (Wildman–Crippen MR) is 68.5 cm³/mol. The van der Waals surface area contributed by atoms with Crippen LogP contribution in [0.15, 0.2) is 24.3 Å². The van der Waals surface area contributed by atoms with Gasteiger partial charge in [-0.25, -0.2) is 0 Å². The lowest BCUT2D eigenvalue weighted by Gasteiger charge is -2.24. The summed E-state index contributed by atoms with van der Waals surface area (Å²) in [4.78, 5) is 0. The minimum absolute atomic E-state index is 0.728. The van der Waals surface area contributed by atoms with Gasteiger partial charge in [-0.1, -0.05) is 36.8 Å². The van der Waals surface area contributed by atoms with Gasteiger partial charge in [0.2, 0.25) is 0 Å². The molecule has 90 valence electrons. The van der Waals surface area contributed by atoms with Gasteiger partial charge in [-0.05, 0) is 45.3 Å². The fourth-order valence-corrected chi connectivity index (χ4v) is 1.69. The van der Waals surface area contributed by atoms with Crippen molar-refractivity contribution in [2.75, 3.05) is 13.1 Å². The van der Waals surface area contributed by atoms with Gasteiger partial charge in [0.05, 0.1) is 5.60 Å². The average molecular weight is 221 g/mol. The van der Waals surface area contributed by atoms with Crippen molar-refractivity contribution in [1.29, 1.82) is 0 Å². The van der Waals surface area contributed by atoms with Crippen molar-refractivity contribution in [1.82, 2.24) is 5.32 Å². The van der Waals surface area contributed by atoms with Gasteiger partial charge in [-0.3, -0.25) is 0 Å². The van der Waals surface area contributed by atoms with E-state index in [4.69, 9.17) is 0 Å². The van der Waals surface area contributed by atoms with Gasteiger partial charge in [0, 0.05) is 0 Å². The number of aliphatic hydroxyl groups is 1. The number of rotatable bonds is 6. The molecule has 1 unspecified atom stereocenters. The molecule has 2 N–H and O–H groups in total. The summed E-state index contributed by atoms with van der Waals surface area (Å²) in [5.74, 6) is 0. The maximum Gasteiger partial charge on any atom is 0.0880 e. The third-order valence-corrected chi connectivity index (χ3v) is 2.89. The van der Waals surface area contributed by atoms with Crippen LogP contribution in [-0.2, 0) is 5.60 Å². The second-order valence-electron chi connectivity index (χ2n) is 4.64. The minimum Gasteiger partial charge on any atom is -0.385 e. The molecule has 2 nitrogen and oxygen atoms in total. The van der Waals surface area contributed by atoms with Crippen LogP contribution in [0.3, 0.4) is 0 Å². The Balaban J connectivity index is 2.52. The largest absolute Gasteiger partial charge is 0.385 e. The lowest BCUT2D eigenvalue weighted by Crippen LogP contribution is -2.28. The quantitative estimate of drug-likeness (QED) is 0.724. The summed E-state index contributed by atoms with van der Waals surface area (Å²) in [5, 5.41) is 13.6. The van der Waals surface area contributed by atoms with Gasteiger partial charge >= 0.3 is 0 Å². The Kier molecular flexibility index (Phi) is 4.97. The SMILES string of the molecule is CCCNCCC(C)(O)c1ccc(C)cc1. The molecule has 0 amide bonds. The van der Waals surface area contributed by atoms with Gasteiger partial charge < -0.3 is 10.4 Å². The van der Waals surface area contributed by atoms with Crippen molar-refractivity contribution in [3.05, 3.63) is 35.4 Å². The maximum absolute atomic E-state index is 10.3. The second-order valence-corrected chi connectivity index (χ2v) is 4.64. The topological polar surface area (TPSA) is 32.3 Å². The Morgan fingerprint density at radius 1 is 1.19 bits per heavy atom. The summed E-state index contributed by atoms with van der Waals surface area (Å²) in [5.41, 5.74) is 1.49. The fraction of sp³-hybridized carbons (Fsp3) is 0.571. The van der Waals surface area contributed by atoms with E-state index in [1.807, 2.05) is 31.2 Å². The number of hydrogen-bond acceptors (Lipinski definition) is 2. The molecule has 0 aliphatic rings. The maximum atomic E-state index is 10.3. The molecule has 16 heavy (non-hydrogen) atoms. The summed E-state index contributed by atoms with van der Waals surface area (Å²) in [6, 6.07) is 8.11. The molecule has 0 fully saturated rings. The molecule has 0 aliphatic heterocycles. The first-order valence-electron chi connectivity index (χ1n) is 6.06. The van der Waals surface area contributed by atoms with Crippen LogP contribution in [0.25, 0.3) is 0 Å². The molecule has 1 aromatic rings. The van der Waals surface area contributed by atoms with Crippen LogP contribution in [0.5, 0.6) is 0 Å². The molecule has 0 bridgehead atoms. The lowest BCUT2D eigenvalue weighted by molar-refractivity contribution is 0.0480.